The first-order valence-electron chi connectivity index (χ1n) is 22.6. The molecule has 9 aromatic rings. The molecule has 0 fully saturated rings. The van der Waals surface area contributed by atoms with Gasteiger partial charge in [0.25, 0.3) is 0 Å². The number of aromatic nitrogens is 2. The summed E-state index contributed by atoms with van der Waals surface area (Å²) in [6.45, 7) is 22.6. The maximum absolute atomic E-state index is 6.72. The first kappa shape index (κ1) is 44.8. The van der Waals surface area contributed by atoms with Gasteiger partial charge in [-0.15, -0.1) is 48.1 Å². The minimum absolute atomic E-state index is 0. The van der Waals surface area contributed by atoms with Crippen LogP contribution in [0.1, 0.15) is 79.0 Å². The van der Waals surface area contributed by atoms with Crippen LogP contribution >= 0.6 is 0 Å². The Balaban J connectivity index is 0.00000548. The minimum Gasteiger partial charge on any atom is -0.509 e. The molecule has 0 amide bonds. The predicted molar refractivity (Wildman–Crippen MR) is 271 cm³/mol. The van der Waals surface area contributed by atoms with Crippen LogP contribution in [0.3, 0.4) is 0 Å². The summed E-state index contributed by atoms with van der Waals surface area (Å²) >= 11 is 0. The topological polar surface area (TPSA) is 33.5 Å². The molecule has 0 radical (unpaired) electrons. The Labute approximate surface area is 405 Å². The van der Waals surface area contributed by atoms with Crippen LogP contribution < -0.4 is 14.5 Å². The van der Waals surface area contributed by atoms with Gasteiger partial charge in [0.15, 0.2) is 0 Å². The van der Waals surface area contributed by atoms with E-state index in [1.807, 2.05) is 24.4 Å². The van der Waals surface area contributed by atoms with Gasteiger partial charge in [-0.1, -0.05) is 159 Å². The van der Waals surface area contributed by atoms with Gasteiger partial charge in [-0.2, -0.15) is 12.1 Å². The summed E-state index contributed by atoms with van der Waals surface area (Å²) in [4.78, 5) is 9.50. The fourth-order valence-corrected chi connectivity index (χ4v) is 9.07. The van der Waals surface area contributed by atoms with Crippen molar-refractivity contribution in [2.75, 3.05) is 9.80 Å². The van der Waals surface area contributed by atoms with Crippen LogP contribution in [0, 0.1) is 18.8 Å². The normalized spacial score (nSPS) is 13.0. The van der Waals surface area contributed by atoms with E-state index in [1.165, 1.54) is 44.3 Å². The average Bonchev–Trinajstić information content (AvgIpc) is 3.84. The van der Waals surface area contributed by atoms with E-state index in [0.29, 0.717) is 11.5 Å². The molecule has 0 saturated heterocycles. The minimum atomic E-state index is -0.137. The zero-order valence-electron chi connectivity index (χ0n) is 39.2. The van der Waals surface area contributed by atoms with Crippen molar-refractivity contribution in [1.29, 1.82) is 0 Å². The summed E-state index contributed by atoms with van der Waals surface area (Å²) in [5.74, 6) is 2.06. The molecule has 6 heteroatoms. The number of ether oxygens (including phenoxy) is 1. The van der Waals surface area contributed by atoms with Gasteiger partial charge < -0.3 is 19.1 Å². The molecular weight excluding hydrogens is 988 g/mol. The fraction of sp³-hybridized carbons (Fsp3) is 0.200. The van der Waals surface area contributed by atoms with Crippen molar-refractivity contribution < 1.29 is 25.8 Å². The number of anilines is 4. The molecule has 5 nitrogen and oxygen atoms in total. The Morgan fingerprint density at radius 2 is 1.17 bits per heavy atom. The zero-order chi connectivity index (χ0) is 45.3. The molecule has 0 atom stereocenters. The number of hydrogen-bond donors (Lipinski definition) is 0. The summed E-state index contributed by atoms with van der Waals surface area (Å²) in [7, 11) is 0. The third kappa shape index (κ3) is 8.35. The molecular formula is C60H55N4OPt-3. The third-order valence-corrected chi connectivity index (χ3v) is 12.6. The summed E-state index contributed by atoms with van der Waals surface area (Å²) in [5.41, 5.74) is 14.5. The predicted octanol–water partition coefficient (Wildman–Crippen LogP) is 16.2. The molecule has 66 heavy (non-hydrogen) atoms. The number of benzene rings is 7. The molecule has 0 saturated carbocycles. The Kier molecular flexibility index (Phi) is 11.6. The second kappa shape index (κ2) is 17.1. The molecule has 7 aromatic carbocycles. The van der Waals surface area contributed by atoms with Gasteiger partial charge in [0.05, 0.1) is 0 Å². The number of rotatable bonds is 7. The summed E-state index contributed by atoms with van der Waals surface area (Å²) in [6, 6.07) is 63.5. The Morgan fingerprint density at radius 1 is 0.515 bits per heavy atom. The Hall–Kier alpha value is -6.42. The van der Waals surface area contributed by atoms with Crippen LogP contribution in [0.5, 0.6) is 11.5 Å². The summed E-state index contributed by atoms with van der Waals surface area (Å²) < 4.78 is 8.95. The molecule has 0 aliphatic carbocycles. The first-order chi connectivity index (χ1) is 31.1. The second-order valence-corrected chi connectivity index (χ2v) is 20.3. The van der Waals surface area contributed by atoms with Gasteiger partial charge in [0, 0.05) is 66.9 Å². The monoisotopic (exact) mass is 1040 g/mol. The van der Waals surface area contributed by atoms with E-state index < -0.39 is 0 Å². The van der Waals surface area contributed by atoms with E-state index in [2.05, 4.69) is 235 Å². The van der Waals surface area contributed by atoms with Crippen LogP contribution in [0.2, 0.25) is 0 Å². The van der Waals surface area contributed by atoms with Crippen LogP contribution in [-0.2, 0) is 37.3 Å². The van der Waals surface area contributed by atoms with Crippen molar-refractivity contribution in [3.05, 3.63) is 199 Å². The molecule has 0 bridgehead atoms. The van der Waals surface area contributed by atoms with Gasteiger partial charge in [0.1, 0.15) is 5.82 Å². The average molecular weight is 1040 g/mol. The van der Waals surface area contributed by atoms with Crippen molar-refractivity contribution in [3.63, 3.8) is 0 Å². The van der Waals surface area contributed by atoms with Crippen LogP contribution in [0.25, 0.3) is 49.9 Å². The van der Waals surface area contributed by atoms with Crippen molar-refractivity contribution in [2.24, 2.45) is 0 Å². The Morgan fingerprint density at radius 3 is 1.91 bits per heavy atom. The number of nitrogens with zero attached hydrogens (tertiary/aromatic N) is 4. The largest absolute Gasteiger partial charge is 0.509 e. The van der Waals surface area contributed by atoms with E-state index in [9.17, 15) is 0 Å². The summed E-state index contributed by atoms with van der Waals surface area (Å²) in [5, 5.41) is 2.27. The smallest absolute Gasteiger partial charge is 0.135 e. The van der Waals surface area contributed by atoms with E-state index in [1.54, 1.807) is 0 Å². The third-order valence-electron chi connectivity index (χ3n) is 12.6. The van der Waals surface area contributed by atoms with E-state index in [4.69, 9.17) is 9.72 Å². The van der Waals surface area contributed by atoms with Gasteiger partial charge in [-0.3, -0.25) is 0 Å². The van der Waals surface area contributed by atoms with E-state index >= 15 is 0 Å². The van der Waals surface area contributed by atoms with Crippen LogP contribution in [0.4, 0.5) is 22.7 Å². The van der Waals surface area contributed by atoms with Crippen molar-refractivity contribution in [1.82, 2.24) is 9.55 Å². The molecule has 0 N–H and O–H groups in total. The summed E-state index contributed by atoms with van der Waals surface area (Å²) in [6.07, 6.45) is 1.92. The van der Waals surface area contributed by atoms with E-state index in [0.717, 1.165) is 45.0 Å². The van der Waals surface area contributed by atoms with Crippen LogP contribution in [-0.4, -0.2) is 9.55 Å². The van der Waals surface area contributed by atoms with Gasteiger partial charge in [0.2, 0.25) is 0 Å². The molecule has 3 heterocycles. The van der Waals surface area contributed by atoms with Crippen molar-refractivity contribution in [3.8, 4) is 39.6 Å². The molecule has 10 rings (SSSR count). The van der Waals surface area contributed by atoms with Crippen molar-refractivity contribution in [2.45, 2.75) is 78.6 Å². The number of hydrogen-bond acceptors (Lipinski definition) is 4. The molecule has 1 aliphatic heterocycles. The Bertz CT molecular complexity index is 3240. The SMILES string of the molecule is CC(C)(C)c1ccnc(-n2c3[c-]c(Oc4[c-]c(N5[CH-]N(c6c(-c7cccc(-c8ccccc8)c7)cccc6C(C)(C)C)c6ccccc65)ccc4)ccc3c3cc(C(C)(C)C)ccc32)c1.[Pt]. The van der Waals surface area contributed by atoms with Crippen LogP contribution in [0.15, 0.2) is 164 Å². The maximum Gasteiger partial charge on any atom is 0.135 e. The van der Waals surface area contributed by atoms with Crippen molar-refractivity contribution >= 4 is 44.6 Å². The molecule has 0 unspecified atom stereocenters. The van der Waals surface area contributed by atoms with Gasteiger partial charge in [-0.25, -0.2) is 4.98 Å². The van der Waals surface area contributed by atoms with Gasteiger partial charge >= 0.3 is 0 Å². The number of para-hydroxylation sites is 3. The molecule has 2 aromatic heterocycles. The van der Waals surface area contributed by atoms with Gasteiger partial charge in [-0.05, 0) is 91.4 Å². The standard InChI is InChI=1S/C60H55N4O.Pt/c1-58(2,3)43-28-31-52-50(35-43)49-30-29-47(38-55(49)64(52)56-36-44(32-33-61-56)59(4,5)6)65-46-23-16-22-45(37-46)62-39-63(54-27-14-13-26-53(54)62)57-48(24-17-25-51(57)60(7,8)9)42-21-15-20-41(34-42)40-18-11-10-12-19-40;/h10-36,39H,1-9H3;/q-3;. The fourth-order valence-electron chi connectivity index (χ4n) is 9.07. The quantitative estimate of drug-likeness (QED) is 0.149. The molecule has 334 valence electrons. The zero-order valence-corrected chi connectivity index (χ0v) is 41.5. The maximum atomic E-state index is 6.72. The first-order valence-corrected chi connectivity index (χ1v) is 22.6. The second-order valence-electron chi connectivity index (χ2n) is 20.3. The molecule has 1 aliphatic rings. The number of fused-ring (bicyclic) bond motifs is 4. The van der Waals surface area contributed by atoms with E-state index in [-0.39, 0.29) is 37.3 Å². The molecule has 0 spiro atoms. The number of pyridine rings is 1.